The van der Waals surface area contributed by atoms with E-state index in [2.05, 4.69) is 24.1 Å². The molecule has 0 aromatic carbocycles. The number of nitrogens with zero attached hydrogens (tertiary/aromatic N) is 2. The van der Waals surface area contributed by atoms with E-state index in [1.54, 1.807) is 0 Å². The van der Waals surface area contributed by atoms with Crippen molar-refractivity contribution in [3.63, 3.8) is 0 Å². The van der Waals surface area contributed by atoms with Gasteiger partial charge >= 0.3 is 0 Å². The molecule has 1 amide bonds. The van der Waals surface area contributed by atoms with Crippen molar-refractivity contribution in [3.05, 3.63) is 0 Å². The minimum Gasteiger partial charge on any atom is -0.371 e. The molecule has 3 fully saturated rings. The molecule has 0 aliphatic carbocycles. The third kappa shape index (κ3) is 2.51. The van der Waals surface area contributed by atoms with Crippen molar-refractivity contribution in [1.29, 1.82) is 0 Å². The van der Waals surface area contributed by atoms with Crippen molar-refractivity contribution >= 4 is 5.91 Å². The maximum Gasteiger partial charge on any atom is 0.242 e. The molecular formula is C14H25N3O2. The number of morpholine rings is 1. The fourth-order valence-corrected chi connectivity index (χ4v) is 3.53. The Hall–Kier alpha value is -0.650. The molecule has 2 bridgehead atoms. The number of fused-ring (bicyclic) bond motifs is 2. The zero-order chi connectivity index (χ0) is 13.5. The predicted octanol–water partition coefficient (Wildman–Crippen LogP) is 0.0600. The molecule has 0 aromatic rings. The molecule has 0 saturated carbocycles. The molecule has 0 aromatic heterocycles. The monoisotopic (exact) mass is 267 g/mol. The molecule has 2 unspecified atom stereocenters. The van der Waals surface area contributed by atoms with E-state index in [9.17, 15) is 4.79 Å². The summed E-state index contributed by atoms with van der Waals surface area (Å²) in [5.74, 6) is 0.273. The van der Waals surface area contributed by atoms with Gasteiger partial charge in [-0.1, -0.05) is 0 Å². The van der Waals surface area contributed by atoms with Crippen LogP contribution in [0, 0.1) is 0 Å². The van der Waals surface area contributed by atoms with Crippen molar-refractivity contribution in [2.75, 3.05) is 39.3 Å². The van der Waals surface area contributed by atoms with Crippen molar-refractivity contribution in [2.45, 2.75) is 44.4 Å². The topological polar surface area (TPSA) is 44.8 Å². The number of rotatable bonds is 2. The second-order valence-corrected chi connectivity index (χ2v) is 6.46. The van der Waals surface area contributed by atoms with Crippen LogP contribution in [-0.4, -0.2) is 72.7 Å². The number of likely N-dealkylation sites (tertiary alicyclic amines) is 1. The number of hydrogen-bond acceptors (Lipinski definition) is 4. The summed E-state index contributed by atoms with van der Waals surface area (Å²) in [4.78, 5) is 17.2. The van der Waals surface area contributed by atoms with Gasteiger partial charge in [0.2, 0.25) is 5.91 Å². The van der Waals surface area contributed by atoms with Crippen molar-refractivity contribution in [3.8, 4) is 0 Å². The first kappa shape index (κ1) is 13.3. The van der Waals surface area contributed by atoms with Gasteiger partial charge < -0.3 is 15.0 Å². The SMILES string of the molecule is CC(C)(C(=O)N1CC2CCC(C1)O2)N1CCNCC1. The lowest BCUT2D eigenvalue weighted by Gasteiger charge is -2.44. The van der Waals surface area contributed by atoms with Gasteiger partial charge in [0.25, 0.3) is 0 Å². The van der Waals surface area contributed by atoms with E-state index >= 15 is 0 Å². The Labute approximate surface area is 115 Å². The van der Waals surface area contributed by atoms with Gasteiger partial charge in [0.15, 0.2) is 0 Å². The van der Waals surface area contributed by atoms with E-state index < -0.39 is 0 Å². The molecule has 5 nitrogen and oxygen atoms in total. The number of ether oxygens (including phenoxy) is 1. The summed E-state index contributed by atoms with van der Waals surface area (Å²) in [6.45, 7) is 9.56. The summed E-state index contributed by atoms with van der Waals surface area (Å²) in [6.07, 6.45) is 2.79. The van der Waals surface area contributed by atoms with Crippen LogP contribution in [0.15, 0.2) is 0 Å². The Morgan fingerprint density at radius 1 is 1.16 bits per heavy atom. The Balaban J connectivity index is 1.68. The van der Waals surface area contributed by atoms with Crippen LogP contribution in [-0.2, 0) is 9.53 Å². The van der Waals surface area contributed by atoms with Gasteiger partial charge in [-0.15, -0.1) is 0 Å². The highest BCUT2D eigenvalue weighted by atomic mass is 16.5. The minimum atomic E-state index is -0.390. The van der Waals surface area contributed by atoms with Gasteiger partial charge in [-0.3, -0.25) is 9.69 Å². The average molecular weight is 267 g/mol. The van der Waals surface area contributed by atoms with Gasteiger partial charge in [0.05, 0.1) is 17.7 Å². The molecule has 19 heavy (non-hydrogen) atoms. The standard InChI is InChI=1S/C14H25N3O2/c1-14(2,17-7-5-15-6-8-17)13(18)16-9-11-3-4-12(10-16)19-11/h11-12,15H,3-10H2,1-2H3. The third-order valence-corrected chi connectivity index (χ3v) is 4.76. The third-order valence-electron chi connectivity index (χ3n) is 4.76. The van der Waals surface area contributed by atoms with Gasteiger partial charge in [-0.05, 0) is 26.7 Å². The number of nitrogens with one attached hydrogen (secondary N) is 1. The van der Waals surface area contributed by atoms with Crippen LogP contribution in [0.4, 0.5) is 0 Å². The Morgan fingerprint density at radius 3 is 2.32 bits per heavy atom. The highest BCUT2D eigenvalue weighted by Gasteiger charge is 2.43. The molecule has 0 spiro atoms. The molecule has 0 radical (unpaired) electrons. The fourth-order valence-electron chi connectivity index (χ4n) is 3.53. The number of amides is 1. The van der Waals surface area contributed by atoms with Gasteiger partial charge in [-0.25, -0.2) is 0 Å². The molecule has 2 atom stereocenters. The molecular weight excluding hydrogens is 242 g/mol. The van der Waals surface area contributed by atoms with Crippen LogP contribution in [0.3, 0.4) is 0 Å². The van der Waals surface area contributed by atoms with Gasteiger partial charge in [0.1, 0.15) is 0 Å². The first-order valence-electron chi connectivity index (χ1n) is 7.48. The quantitative estimate of drug-likeness (QED) is 0.768. The molecule has 1 N–H and O–H groups in total. The normalized spacial score (nSPS) is 32.6. The molecule has 3 rings (SSSR count). The lowest BCUT2D eigenvalue weighted by Crippen LogP contribution is -2.62. The maximum atomic E-state index is 12.8. The van der Waals surface area contributed by atoms with E-state index in [0.717, 1.165) is 52.1 Å². The van der Waals surface area contributed by atoms with Crippen molar-refractivity contribution in [2.24, 2.45) is 0 Å². The second-order valence-electron chi connectivity index (χ2n) is 6.46. The average Bonchev–Trinajstić information content (AvgIpc) is 2.77. The van der Waals surface area contributed by atoms with Crippen LogP contribution >= 0.6 is 0 Å². The number of carbonyl (C=O) groups excluding carboxylic acids is 1. The first-order chi connectivity index (χ1) is 9.07. The van der Waals surface area contributed by atoms with Crippen LogP contribution in [0.2, 0.25) is 0 Å². The van der Waals surface area contributed by atoms with Gasteiger partial charge in [-0.2, -0.15) is 0 Å². The highest BCUT2D eigenvalue weighted by Crippen LogP contribution is 2.28. The second kappa shape index (κ2) is 5.04. The van der Waals surface area contributed by atoms with E-state index in [4.69, 9.17) is 4.74 Å². The minimum absolute atomic E-state index is 0.273. The van der Waals surface area contributed by atoms with Crippen LogP contribution < -0.4 is 5.32 Å². The van der Waals surface area contributed by atoms with E-state index in [1.807, 2.05) is 4.90 Å². The number of carbonyl (C=O) groups is 1. The Morgan fingerprint density at radius 2 is 1.74 bits per heavy atom. The lowest BCUT2D eigenvalue weighted by atomic mass is 9.99. The summed E-state index contributed by atoms with van der Waals surface area (Å²) >= 11 is 0. The van der Waals surface area contributed by atoms with Crippen LogP contribution in [0.1, 0.15) is 26.7 Å². The molecule has 3 aliphatic heterocycles. The highest BCUT2D eigenvalue weighted by molar-refractivity contribution is 5.85. The zero-order valence-electron chi connectivity index (χ0n) is 12.0. The van der Waals surface area contributed by atoms with E-state index in [0.29, 0.717) is 0 Å². The maximum absolute atomic E-state index is 12.8. The molecule has 108 valence electrons. The lowest BCUT2D eigenvalue weighted by molar-refractivity contribution is -0.151. The molecule has 3 aliphatic rings. The first-order valence-corrected chi connectivity index (χ1v) is 7.48. The molecule has 5 heteroatoms. The van der Waals surface area contributed by atoms with Crippen LogP contribution in [0.25, 0.3) is 0 Å². The zero-order valence-corrected chi connectivity index (χ0v) is 12.0. The van der Waals surface area contributed by atoms with E-state index in [-0.39, 0.29) is 23.7 Å². The molecule has 3 heterocycles. The number of piperazine rings is 1. The summed E-state index contributed by atoms with van der Waals surface area (Å²) in [5.41, 5.74) is -0.390. The van der Waals surface area contributed by atoms with Gasteiger partial charge in [0, 0.05) is 39.3 Å². The summed E-state index contributed by atoms with van der Waals surface area (Å²) < 4.78 is 5.82. The Bertz CT molecular complexity index is 341. The largest absolute Gasteiger partial charge is 0.371 e. The molecule has 3 saturated heterocycles. The predicted molar refractivity (Wildman–Crippen MR) is 73.0 cm³/mol. The summed E-state index contributed by atoms with van der Waals surface area (Å²) in [6, 6.07) is 0. The number of hydrogen-bond donors (Lipinski definition) is 1. The van der Waals surface area contributed by atoms with E-state index in [1.165, 1.54) is 0 Å². The summed E-state index contributed by atoms with van der Waals surface area (Å²) in [7, 11) is 0. The van der Waals surface area contributed by atoms with Crippen LogP contribution in [0.5, 0.6) is 0 Å². The fraction of sp³-hybridized carbons (Fsp3) is 0.929. The Kier molecular flexibility index (Phi) is 3.53. The summed E-state index contributed by atoms with van der Waals surface area (Å²) in [5, 5.41) is 3.34. The smallest absolute Gasteiger partial charge is 0.242 e. The van der Waals surface area contributed by atoms with Crippen molar-refractivity contribution in [1.82, 2.24) is 15.1 Å². The van der Waals surface area contributed by atoms with Crippen molar-refractivity contribution < 1.29 is 9.53 Å².